The highest BCUT2D eigenvalue weighted by Gasteiger charge is 2.17. The molecule has 4 aromatic rings. The molecular weight excluding hydrogens is 418 g/mol. The number of carbonyl (C=O) groups excluding carboxylic acids is 1. The molecule has 0 aliphatic carbocycles. The number of nitrogens with one attached hydrogen (secondary N) is 2. The van der Waals surface area contributed by atoms with Gasteiger partial charge in [-0.3, -0.25) is 19.4 Å². The third-order valence-electron chi connectivity index (χ3n) is 5.51. The molecule has 0 atom stereocenters. The fourth-order valence-corrected chi connectivity index (χ4v) is 3.73. The van der Waals surface area contributed by atoms with E-state index in [9.17, 15) is 9.59 Å². The van der Waals surface area contributed by atoms with Crippen molar-refractivity contribution in [2.24, 2.45) is 0 Å². The fourth-order valence-electron chi connectivity index (χ4n) is 3.73. The molecule has 4 rings (SSSR count). The normalized spacial score (nSPS) is 11.2. The van der Waals surface area contributed by atoms with Crippen LogP contribution in [0.2, 0.25) is 0 Å². The lowest BCUT2D eigenvalue weighted by Crippen LogP contribution is -2.35. The Bertz CT molecular complexity index is 1420. The summed E-state index contributed by atoms with van der Waals surface area (Å²) in [5, 5.41) is 11.9. The molecule has 0 spiro atoms. The van der Waals surface area contributed by atoms with E-state index in [1.807, 2.05) is 44.2 Å². The predicted octanol–water partition coefficient (Wildman–Crippen LogP) is 2.79. The smallest absolute Gasteiger partial charge is 0.267 e. The Morgan fingerprint density at radius 3 is 2.73 bits per heavy atom. The Hall–Kier alpha value is -3.78. The first-order valence-electron chi connectivity index (χ1n) is 11.0. The number of nitrogens with zero attached hydrogens (tertiary/aromatic N) is 3. The van der Waals surface area contributed by atoms with Crippen LogP contribution >= 0.6 is 0 Å². The third-order valence-corrected chi connectivity index (χ3v) is 5.51. The lowest BCUT2D eigenvalue weighted by molar-refractivity contribution is 0.0948. The first kappa shape index (κ1) is 22.4. The van der Waals surface area contributed by atoms with Gasteiger partial charge in [-0.2, -0.15) is 0 Å². The van der Waals surface area contributed by atoms with Crippen LogP contribution in [0, 0.1) is 12.3 Å². The first-order chi connectivity index (χ1) is 16.0. The summed E-state index contributed by atoms with van der Waals surface area (Å²) in [5.74, 6) is -0.404. The predicted molar refractivity (Wildman–Crippen MR) is 126 cm³/mol. The van der Waals surface area contributed by atoms with E-state index in [1.54, 1.807) is 22.9 Å². The number of rotatable bonds is 8. The molecule has 1 amide bonds. The minimum absolute atomic E-state index is 0.0209. The second-order valence-electron chi connectivity index (χ2n) is 7.86. The van der Waals surface area contributed by atoms with E-state index >= 15 is 0 Å². The monoisotopic (exact) mass is 445 g/mol. The molecule has 3 aromatic heterocycles. The SMILES string of the molecule is CCOCCCn1c(=N)c(C(=O)NCc2ccc(C)cc2)cc2c(=O)n3ccccc3nc21. The number of benzene rings is 1. The second kappa shape index (κ2) is 9.79. The molecule has 0 radical (unpaired) electrons. The van der Waals surface area contributed by atoms with Crippen LogP contribution in [0.15, 0.2) is 59.5 Å². The van der Waals surface area contributed by atoms with Gasteiger partial charge in [-0.25, -0.2) is 4.98 Å². The van der Waals surface area contributed by atoms with E-state index in [0.29, 0.717) is 49.4 Å². The van der Waals surface area contributed by atoms with Crippen LogP contribution < -0.4 is 16.4 Å². The molecule has 3 heterocycles. The minimum atomic E-state index is -0.404. The van der Waals surface area contributed by atoms with E-state index in [1.165, 1.54) is 10.5 Å². The molecule has 33 heavy (non-hydrogen) atoms. The van der Waals surface area contributed by atoms with Crippen molar-refractivity contribution in [3.8, 4) is 0 Å². The van der Waals surface area contributed by atoms with Crippen molar-refractivity contribution in [2.75, 3.05) is 13.2 Å². The van der Waals surface area contributed by atoms with Gasteiger partial charge in [-0.1, -0.05) is 35.9 Å². The maximum Gasteiger partial charge on any atom is 0.267 e. The van der Waals surface area contributed by atoms with Gasteiger partial charge in [0.2, 0.25) is 0 Å². The number of aryl methyl sites for hydroxylation is 2. The Morgan fingerprint density at radius 2 is 1.97 bits per heavy atom. The summed E-state index contributed by atoms with van der Waals surface area (Å²) in [5.41, 5.74) is 2.86. The zero-order valence-electron chi connectivity index (χ0n) is 18.8. The lowest BCUT2D eigenvalue weighted by atomic mass is 10.1. The van der Waals surface area contributed by atoms with Gasteiger partial charge in [0.1, 0.15) is 16.8 Å². The number of pyridine rings is 2. The topological polar surface area (TPSA) is 101 Å². The molecule has 8 nitrogen and oxygen atoms in total. The zero-order valence-corrected chi connectivity index (χ0v) is 18.8. The average Bonchev–Trinajstić information content (AvgIpc) is 2.82. The summed E-state index contributed by atoms with van der Waals surface area (Å²) in [4.78, 5) is 30.9. The van der Waals surface area contributed by atoms with E-state index in [2.05, 4.69) is 10.3 Å². The molecule has 2 N–H and O–H groups in total. The maximum absolute atomic E-state index is 13.2. The molecule has 0 aliphatic heterocycles. The summed E-state index contributed by atoms with van der Waals surface area (Å²) in [6.45, 7) is 5.78. The van der Waals surface area contributed by atoms with E-state index in [4.69, 9.17) is 10.1 Å². The summed E-state index contributed by atoms with van der Waals surface area (Å²) >= 11 is 0. The minimum Gasteiger partial charge on any atom is -0.382 e. The Morgan fingerprint density at radius 1 is 1.18 bits per heavy atom. The number of carbonyl (C=O) groups is 1. The molecule has 1 aromatic carbocycles. The van der Waals surface area contributed by atoms with Gasteiger partial charge in [0.05, 0.1) is 10.9 Å². The molecule has 8 heteroatoms. The van der Waals surface area contributed by atoms with Crippen LogP contribution in [0.5, 0.6) is 0 Å². The molecule has 0 unspecified atom stereocenters. The summed E-state index contributed by atoms with van der Waals surface area (Å²) in [6, 6.07) is 14.7. The van der Waals surface area contributed by atoms with Crippen molar-refractivity contribution in [1.82, 2.24) is 19.3 Å². The van der Waals surface area contributed by atoms with Crippen molar-refractivity contribution in [3.05, 3.63) is 87.3 Å². The van der Waals surface area contributed by atoms with E-state index in [-0.39, 0.29) is 16.6 Å². The molecule has 170 valence electrons. The van der Waals surface area contributed by atoms with Crippen LogP contribution in [-0.2, 0) is 17.8 Å². The van der Waals surface area contributed by atoms with Crippen molar-refractivity contribution in [2.45, 2.75) is 33.4 Å². The van der Waals surface area contributed by atoms with Gasteiger partial charge in [0.15, 0.2) is 0 Å². The summed E-state index contributed by atoms with van der Waals surface area (Å²) in [7, 11) is 0. The van der Waals surface area contributed by atoms with Crippen LogP contribution in [0.4, 0.5) is 0 Å². The molecular formula is C25H27N5O3. The summed E-state index contributed by atoms with van der Waals surface area (Å²) < 4.78 is 8.51. The Balaban J connectivity index is 1.77. The maximum atomic E-state index is 13.2. The van der Waals surface area contributed by atoms with Crippen molar-refractivity contribution < 1.29 is 9.53 Å². The highest BCUT2D eigenvalue weighted by molar-refractivity contribution is 5.96. The van der Waals surface area contributed by atoms with Gasteiger partial charge < -0.3 is 14.6 Å². The summed E-state index contributed by atoms with van der Waals surface area (Å²) in [6.07, 6.45) is 2.28. The largest absolute Gasteiger partial charge is 0.382 e. The third kappa shape index (κ3) is 4.70. The molecule has 0 fully saturated rings. The number of hydrogen-bond donors (Lipinski definition) is 2. The zero-order chi connectivity index (χ0) is 23.4. The van der Waals surface area contributed by atoms with E-state index in [0.717, 1.165) is 11.1 Å². The number of fused-ring (bicyclic) bond motifs is 2. The fraction of sp³-hybridized carbons (Fsp3) is 0.280. The Labute approximate surface area is 191 Å². The number of hydrogen-bond acceptors (Lipinski definition) is 5. The van der Waals surface area contributed by atoms with Gasteiger partial charge in [0.25, 0.3) is 11.5 Å². The van der Waals surface area contributed by atoms with Crippen LogP contribution in [-0.4, -0.2) is 33.1 Å². The number of ether oxygens (including phenoxy) is 1. The highest BCUT2D eigenvalue weighted by Crippen LogP contribution is 2.11. The number of aromatic nitrogens is 3. The van der Waals surface area contributed by atoms with Crippen LogP contribution in [0.1, 0.15) is 34.8 Å². The Kier molecular flexibility index (Phi) is 6.65. The first-order valence-corrected chi connectivity index (χ1v) is 11.0. The quantitative estimate of drug-likeness (QED) is 0.322. The molecule has 0 aliphatic rings. The average molecular weight is 446 g/mol. The lowest BCUT2D eigenvalue weighted by Gasteiger charge is -2.15. The molecule has 0 bridgehead atoms. The van der Waals surface area contributed by atoms with Gasteiger partial charge in [-0.05, 0) is 44.0 Å². The van der Waals surface area contributed by atoms with Crippen LogP contribution in [0.3, 0.4) is 0 Å². The van der Waals surface area contributed by atoms with Gasteiger partial charge in [-0.15, -0.1) is 0 Å². The van der Waals surface area contributed by atoms with Crippen LogP contribution in [0.25, 0.3) is 16.7 Å². The van der Waals surface area contributed by atoms with Gasteiger partial charge in [0, 0.05) is 32.5 Å². The van der Waals surface area contributed by atoms with E-state index < -0.39 is 5.91 Å². The standard InChI is InChI=1S/C25H27N5O3/c1-3-33-14-6-13-30-22(26)19(24(31)27-16-18-10-8-17(2)9-11-18)15-20-23(30)28-21-7-4-5-12-29(21)25(20)32/h4-5,7-12,15,26H,3,6,13-14,16H2,1-2H3,(H,27,31). The molecule has 0 saturated heterocycles. The van der Waals surface area contributed by atoms with Gasteiger partial charge >= 0.3 is 0 Å². The van der Waals surface area contributed by atoms with Crippen molar-refractivity contribution in [1.29, 1.82) is 5.41 Å². The van der Waals surface area contributed by atoms with Crippen molar-refractivity contribution in [3.63, 3.8) is 0 Å². The molecule has 0 saturated carbocycles. The highest BCUT2D eigenvalue weighted by atomic mass is 16.5. The van der Waals surface area contributed by atoms with Crippen molar-refractivity contribution >= 4 is 22.6 Å². The number of amides is 1. The second-order valence-corrected chi connectivity index (χ2v) is 7.86.